The number of rotatable bonds is 6. The second kappa shape index (κ2) is 7.18. The first kappa shape index (κ1) is 17.5. The third-order valence-electron chi connectivity index (χ3n) is 3.15. The number of carbonyl (C=O) groups excluding carboxylic acids is 1. The summed E-state index contributed by atoms with van der Waals surface area (Å²) in [6.45, 7) is 2.16. The number of benzene rings is 1. The predicted molar refractivity (Wildman–Crippen MR) is 90.3 cm³/mol. The number of nitrogens with zero attached hydrogens (tertiary/aromatic N) is 1. The molecule has 1 amide bonds. The highest BCUT2D eigenvalue weighted by Gasteiger charge is 2.17. The number of thiazole rings is 1. The van der Waals surface area contributed by atoms with Gasteiger partial charge in [0.05, 0.1) is 9.90 Å². The number of amides is 1. The molecule has 0 spiro atoms. The van der Waals surface area contributed by atoms with Crippen molar-refractivity contribution in [2.45, 2.75) is 18.2 Å². The molecule has 0 aliphatic carbocycles. The Kier molecular flexibility index (Phi) is 5.47. The molecule has 0 aliphatic heterocycles. The van der Waals surface area contributed by atoms with Crippen LogP contribution < -0.4 is 15.8 Å². The number of aryl methyl sites for hydroxylation is 1. The van der Waals surface area contributed by atoms with Gasteiger partial charge in [0.2, 0.25) is 10.0 Å². The smallest absolute Gasteiger partial charge is 0.275 e. The summed E-state index contributed by atoms with van der Waals surface area (Å²) in [5, 5.41) is 5.10. The average Bonchev–Trinajstić information content (AvgIpc) is 2.98. The summed E-state index contributed by atoms with van der Waals surface area (Å²) in [5.74, 6) is -0.388. The molecule has 0 atom stereocenters. The van der Waals surface area contributed by atoms with Crippen molar-refractivity contribution in [2.75, 3.05) is 18.9 Å². The molecule has 1 heterocycles. The molecular weight excluding hydrogens is 336 g/mol. The van der Waals surface area contributed by atoms with Crippen LogP contribution in [0.15, 0.2) is 28.5 Å². The molecule has 0 aliphatic rings. The zero-order chi connectivity index (χ0) is 17.0. The molecule has 2 aromatic rings. The molecule has 0 unspecified atom stereocenters. The van der Waals surface area contributed by atoms with Crippen molar-refractivity contribution in [1.29, 1.82) is 0 Å². The number of nitrogens with two attached hydrogens (primary N) is 1. The van der Waals surface area contributed by atoms with Gasteiger partial charge < -0.3 is 11.1 Å². The predicted octanol–water partition coefficient (Wildman–Crippen LogP) is 1.11. The summed E-state index contributed by atoms with van der Waals surface area (Å²) < 4.78 is 26.2. The first-order chi connectivity index (χ1) is 10.9. The van der Waals surface area contributed by atoms with Gasteiger partial charge in [0, 0.05) is 17.5 Å². The lowest BCUT2D eigenvalue weighted by Gasteiger charge is -2.09. The zero-order valence-electron chi connectivity index (χ0n) is 12.8. The van der Waals surface area contributed by atoms with Crippen molar-refractivity contribution in [3.63, 3.8) is 0 Å². The van der Waals surface area contributed by atoms with E-state index in [1.807, 2.05) is 0 Å². The number of anilines is 1. The summed E-state index contributed by atoms with van der Waals surface area (Å²) in [5.41, 5.74) is 6.73. The number of nitrogens with one attached hydrogen (secondary N) is 2. The summed E-state index contributed by atoms with van der Waals surface area (Å²) in [7, 11) is -2.24. The van der Waals surface area contributed by atoms with Gasteiger partial charge >= 0.3 is 0 Å². The highest BCUT2D eigenvalue weighted by molar-refractivity contribution is 7.89. The maximum Gasteiger partial charge on any atom is 0.275 e. The molecule has 2 rings (SSSR count). The second-order valence-electron chi connectivity index (χ2n) is 4.81. The van der Waals surface area contributed by atoms with Gasteiger partial charge in [0.1, 0.15) is 5.69 Å². The monoisotopic (exact) mass is 354 g/mol. The van der Waals surface area contributed by atoms with Crippen molar-refractivity contribution in [1.82, 2.24) is 9.71 Å². The lowest BCUT2D eigenvalue weighted by atomic mass is 10.2. The maximum absolute atomic E-state index is 12.2. The first-order valence-corrected chi connectivity index (χ1v) is 9.23. The molecular formula is C14H18N4O3S2. The van der Waals surface area contributed by atoms with Crippen LogP contribution in [-0.4, -0.2) is 32.9 Å². The van der Waals surface area contributed by atoms with Gasteiger partial charge in [0.25, 0.3) is 5.91 Å². The molecule has 0 saturated heterocycles. The fourth-order valence-electron chi connectivity index (χ4n) is 1.93. The van der Waals surface area contributed by atoms with E-state index in [9.17, 15) is 13.2 Å². The Bertz CT molecular complexity index is 815. The van der Waals surface area contributed by atoms with E-state index in [4.69, 9.17) is 5.73 Å². The summed E-state index contributed by atoms with van der Waals surface area (Å²) in [6.07, 6.45) is 0.618. The van der Waals surface area contributed by atoms with Crippen molar-refractivity contribution in [2.24, 2.45) is 5.73 Å². The van der Waals surface area contributed by atoms with Gasteiger partial charge in [-0.2, -0.15) is 0 Å². The Morgan fingerprint density at radius 2 is 2.13 bits per heavy atom. The van der Waals surface area contributed by atoms with Crippen molar-refractivity contribution < 1.29 is 13.2 Å². The summed E-state index contributed by atoms with van der Waals surface area (Å²) >= 11 is 1.37. The quantitative estimate of drug-likeness (QED) is 0.719. The molecule has 124 valence electrons. The molecule has 1 aromatic carbocycles. The topological polar surface area (TPSA) is 114 Å². The first-order valence-electron chi connectivity index (χ1n) is 6.87. The third kappa shape index (κ3) is 4.14. The highest BCUT2D eigenvalue weighted by Crippen LogP contribution is 2.21. The number of carbonyl (C=O) groups is 1. The standard InChI is InChI=1S/C14H18N4O3S2/c1-9-3-4-10(7-12(9)23(20,21)16-2)17-14(19)11-8-22-13(18-11)5-6-15/h3-4,7-8,16H,5-6,15H2,1-2H3,(H,17,19). The number of hydrogen-bond donors (Lipinski definition) is 3. The van der Waals surface area contributed by atoms with Crippen molar-refractivity contribution in [3.05, 3.63) is 39.8 Å². The van der Waals surface area contributed by atoms with Crippen LogP contribution >= 0.6 is 11.3 Å². The minimum absolute atomic E-state index is 0.125. The Morgan fingerprint density at radius 1 is 1.39 bits per heavy atom. The van der Waals surface area contributed by atoms with Crippen molar-refractivity contribution in [3.8, 4) is 0 Å². The molecule has 0 fully saturated rings. The zero-order valence-corrected chi connectivity index (χ0v) is 14.4. The fourth-order valence-corrected chi connectivity index (χ4v) is 3.71. The lowest BCUT2D eigenvalue weighted by Crippen LogP contribution is -2.20. The van der Waals surface area contributed by atoms with E-state index in [-0.39, 0.29) is 16.5 Å². The van der Waals surface area contributed by atoms with E-state index in [0.29, 0.717) is 24.2 Å². The van der Waals surface area contributed by atoms with Crippen LogP contribution in [0.5, 0.6) is 0 Å². The number of hydrogen-bond acceptors (Lipinski definition) is 6. The minimum Gasteiger partial charge on any atom is -0.330 e. The lowest BCUT2D eigenvalue weighted by molar-refractivity contribution is 0.102. The molecule has 0 bridgehead atoms. The van der Waals surface area contributed by atoms with Crippen LogP contribution in [0.1, 0.15) is 21.1 Å². The molecule has 23 heavy (non-hydrogen) atoms. The summed E-state index contributed by atoms with van der Waals surface area (Å²) in [6, 6.07) is 4.71. The Hall–Kier alpha value is -1.81. The van der Waals surface area contributed by atoms with Gasteiger partial charge in [-0.15, -0.1) is 11.3 Å². The van der Waals surface area contributed by atoms with Gasteiger partial charge in [-0.05, 0) is 38.2 Å². The van der Waals surface area contributed by atoms with Gasteiger partial charge in [-0.1, -0.05) is 6.07 Å². The highest BCUT2D eigenvalue weighted by atomic mass is 32.2. The Labute approximate surface area is 139 Å². The molecule has 4 N–H and O–H groups in total. The second-order valence-corrected chi connectivity index (χ2v) is 7.60. The number of aromatic nitrogens is 1. The molecule has 7 nitrogen and oxygen atoms in total. The Morgan fingerprint density at radius 3 is 2.78 bits per heavy atom. The van der Waals surface area contributed by atoms with Crippen LogP contribution in [0.4, 0.5) is 5.69 Å². The molecule has 0 radical (unpaired) electrons. The van der Waals surface area contributed by atoms with Gasteiger partial charge in [-0.25, -0.2) is 18.1 Å². The van der Waals surface area contributed by atoms with Gasteiger partial charge in [0.15, 0.2) is 0 Å². The maximum atomic E-state index is 12.2. The van der Waals surface area contributed by atoms with Crippen LogP contribution in [0.25, 0.3) is 0 Å². The Balaban J connectivity index is 2.22. The van der Waals surface area contributed by atoms with Crippen LogP contribution in [0, 0.1) is 6.92 Å². The van der Waals surface area contributed by atoms with Crippen molar-refractivity contribution >= 4 is 33.0 Å². The van der Waals surface area contributed by atoms with Gasteiger partial charge in [-0.3, -0.25) is 4.79 Å². The van der Waals surface area contributed by atoms with E-state index in [0.717, 1.165) is 5.01 Å². The van der Waals surface area contributed by atoms with Crippen LogP contribution in [0.2, 0.25) is 0 Å². The SMILES string of the molecule is CNS(=O)(=O)c1cc(NC(=O)c2csc(CCN)n2)ccc1C. The fraction of sp³-hybridized carbons (Fsp3) is 0.286. The number of sulfonamides is 1. The molecule has 9 heteroatoms. The van der Waals surface area contributed by atoms with Crippen LogP contribution in [-0.2, 0) is 16.4 Å². The third-order valence-corrected chi connectivity index (χ3v) is 5.61. The largest absolute Gasteiger partial charge is 0.330 e. The molecule has 0 saturated carbocycles. The van der Waals surface area contributed by atoms with E-state index < -0.39 is 10.0 Å². The minimum atomic E-state index is -3.58. The normalized spacial score (nSPS) is 11.4. The average molecular weight is 354 g/mol. The van der Waals surface area contributed by atoms with E-state index in [1.165, 1.54) is 24.5 Å². The summed E-state index contributed by atoms with van der Waals surface area (Å²) in [4.78, 5) is 16.5. The van der Waals surface area contributed by atoms with Crippen LogP contribution in [0.3, 0.4) is 0 Å². The molecule has 1 aromatic heterocycles. The van der Waals surface area contributed by atoms with E-state index in [1.54, 1.807) is 24.4 Å². The van der Waals surface area contributed by atoms with E-state index >= 15 is 0 Å². The van der Waals surface area contributed by atoms with E-state index in [2.05, 4.69) is 15.0 Å².